The third-order valence-electron chi connectivity index (χ3n) is 4.34. The molecule has 4 heteroatoms. The zero-order valence-electron chi connectivity index (χ0n) is 10.5. The van der Waals surface area contributed by atoms with E-state index in [9.17, 15) is 9.59 Å². The lowest BCUT2D eigenvalue weighted by Gasteiger charge is -2.18. The molecule has 2 rings (SSSR count). The van der Waals surface area contributed by atoms with Crippen LogP contribution in [0.15, 0.2) is 0 Å². The van der Waals surface area contributed by atoms with Gasteiger partial charge in [0.2, 0.25) is 5.91 Å². The van der Waals surface area contributed by atoms with Gasteiger partial charge in [-0.3, -0.25) is 4.79 Å². The average molecular weight is 239 g/mol. The summed E-state index contributed by atoms with van der Waals surface area (Å²) in [7, 11) is 0. The van der Waals surface area contributed by atoms with Gasteiger partial charge < -0.3 is 10.4 Å². The molecule has 0 aliphatic heterocycles. The van der Waals surface area contributed by atoms with Gasteiger partial charge in [0.25, 0.3) is 0 Å². The maximum absolute atomic E-state index is 12.0. The maximum atomic E-state index is 12.0. The lowest BCUT2D eigenvalue weighted by Crippen LogP contribution is -2.45. The van der Waals surface area contributed by atoms with Crippen LogP contribution in [-0.4, -0.2) is 23.0 Å². The van der Waals surface area contributed by atoms with Gasteiger partial charge in [-0.25, -0.2) is 4.79 Å². The molecular weight excluding hydrogens is 218 g/mol. The number of hydrogen-bond acceptors (Lipinski definition) is 2. The lowest BCUT2D eigenvalue weighted by molar-refractivity contribution is -0.143. The van der Waals surface area contributed by atoms with E-state index in [4.69, 9.17) is 5.11 Å². The Kier molecular flexibility index (Phi) is 3.15. The maximum Gasteiger partial charge on any atom is 0.326 e. The molecule has 0 aromatic carbocycles. The molecule has 0 bridgehead atoms. The monoisotopic (exact) mass is 239 g/mol. The summed E-state index contributed by atoms with van der Waals surface area (Å²) in [6, 6.07) is -0.749. The normalized spacial score (nSPS) is 27.1. The van der Waals surface area contributed by atoms with E-state index >= 15 is 0 Å². The first-order chi connectivity index (χ1) is 7.96. The van der Waals surface area contributed by atoms with Crippen LogP contribution in [0.25, 0.3) is 0 Å². The molecule has 2 aliphatic rings. The van der Waals surface area contributed by atoms with Crippen LogP contribution in [0.4, 0.5) is 0 Å². The van der Waals surface area contributed by atoms with Gasteiger partial charge in [0, 0.05) is 5.92 Å². The largest absolute Gasteiger partial charge is 0.480 e. The van der Waals surface area contributed by atoms with Gasteiger partial charge in [0.05, 0.1) is 0 Å². The van der Waals surface area contributed by atoms with Crippen molar-refractivity contribution in [2.45, 2.75) is 52.0 Å². The van der Waals surface area contributed by atoms with Gasteiger partial charge in [-0.15, -0.1) is 0 Å². The molecule has 2 saturated carbocycles. The molecule has 17 heavy (non-hydrogen) atoms. The molecular formula is C13H21NO3. The standard InChI is InChI=1S/C13H21NO3/c1-8(2)10(12(16)17)14-11(15)9-7-13(9)5-3-4-6-13/h8-10H,3-7H2,1-2H3,(H,14,15)(H,16,17)/t9?,10-/m1/s1. The zero-order valence-corrected chi connectivity index (χ0v) is 10.5. The average Bonchev–Trinajstić information content (AvgIpc) is 2.72. The summed E-state index contributed by atoms with van der Waals surface area (Å²) >= 11 is 0. The number of carbonyl (C=O) groups excluding carboxylic acids is 1. The van der Waals surface area contributed by atoms with Crippen molar-refractivity contribution in [1.29, 1.82) is 0 Å². The molecule has 1 amide bonds. The molecule has 96 valence electrons. The van der Waals surface area contributed by atoms with Crippen molar-refractivity contribution in [1.82, 2.24) is 5.32 Å². The van der Waals surface area contributed by atoms with Crippen LogP contribution in [-0.2, 0) is 9.59 Å². The first-order valence-electron chi connectivity index (χ1n) is 6.49. The van der Waals surface area contributed by atoms with Crippen LogP contribution in [0.3, 0.4) is 0 Å². The topological polar surface area (TPSA) is 66.4 Å². The number of rotatable bonds is 4. The molecule has 0 heterocycles. The second-order valence-electron chi connectivity index (χ2n) is 5.89. The summed E-state index contributed by atoms with van der Waals surface area (Å²) in [5, 5.41) is 11.7. The van der Waals surface area contributed by atoms with E-state index in [0.717, 1.165) is 19.3 Å². The second-order valence-corrected chi connectivity index (χ2v) is 5.89. The Balaban J connectivity index is 1.91. The minimum atomic E-state index is -0.936. The van der Waals surface area contributed by atoms with Crippen molar-refractivity contribution < 1.29 is 14.7 Å². The Morgan fingerprint density at radius 1 is 1.29 bits per heavy atom. The molecule has 4 nitrogen and oxygen atoms in total. The van der Waals surface area contributed by atoms with E-state index in [1.54, 1.807) is 0 Å². The molecule has 0 aromatic heterocycles. The van der Waals surface area contributed by atoms with E-state index < -0.39 is 12.0 Å². The predicted octanol–water partition coefficient (Wildman–Crippen LogP) is 1.79. The minimum Gasteiger partial charge on any atom is -0.480 e. The Morgan fingerprint density at radius 3 is 2.35 bits per heavy atom. The van der Waals surface area contributed by atoms with Gasteiger partial charge in [-0.05, 0) is 30.6 Å². The van der Waals surface area contributed by atoms with E-state index in [1.165, 1.54) is 12.8 Å². The fraction of sp³-hybridized carbons (Fsp3) is 0.846. The number of carbonyl (C=O) groups is 2. The summed E-state index contributed by atoms with van der Waals surface area (Å²) in [5.74, 6) is -0.984. The van der Waals surface area contributed by atoms with Crippen LogP contribution < -0.4 is 5.32 Å². The number of hydrogen-bond donors (Lipinski definition) is 2. The highest BCUT2D eigenvalue weighted by molar-refractivity contribution is 5.87. The van der Waals surface area contributed by atoms with Crippen molar-refractivity contribution in [2.24, 2.45) is 17.3 Å². The Morgan fingerprint density at radius 2 is 1.88 bits per heavy atom. The van der Waals surface area contributed by atoms with E-state index in [-0.39, 0.29) is 23.2 Å². The Bertz CT molecular complexity index is 332. The molecule has 0 saturated heterocycles. The lowest BCUT2D eigenvalue weighted by atomic mass is 10.0. The molecule has 0 radical (unpaired) electrons. The summed E-state index contributed by atoms with van der Waals surface area (Å²) in [6.07, 6.45) is 5.69. The molecule has 2 atom stereocenters. The number of carboxylic acids is 1. The van der Waals surface area contributed by atoms with Gasteiger partial charge >= 0.3 is 5.97 Å². The third kappa shape index (κ3) is 2.31. The smallest absolute Gasteiger partial charge is 0.326 e. The molecule has 0 aromatic rings. The number of nitrogens with one attached hydrogen (secondary N) is 1. The van der Waals surface area contributed by atoms with Crippen molar-refractivity contribution in [3.05, 3.63) is 0 Å². The first-order valence-corrected chi connectivity index (χ1v) is 6.49. The SMILES string of the molecule is CC(C)[C@@H](NC(=O)C1CC12CCCC2)C(=O)O. The van der Waals surface area contributed by atoms with Crippen molar-refractivity contribution in [3.63, 3.8) is 0 Å². The van der Waals surface area contributed by atoms with Crippen LogP contribution >= 0.6 is 0 Å². The highest BCUT2D eigenvalue weighted by Crippen LogP contribution is 2.62. The Hall–Kier alpha value is -1.06. The number of carboxylic acid groups (broad SMARTS) is 1. The van der Waals surface area contributed by atoms with E-state index in [1.807, 2.05) is 13.8 Å². The highest BCUT2D eigenvalue weighted by atomic mass is 16.4. The molecule has 1 spiro atoms. The van der Waals surface area contributed by atoms with Crippen molar-refractivity contribution >= 4 is 11.9 Å². The summed E-state index contributed by atoms with van der Waals surface area (Å²) in [5.41, 5.74) is 0.240. The number of amides is 1. The van der Waals surface area contributed by atoms with Gasteiger partial charge in [-0.1, -0.05) is 26.7 Å². The fourth-order valence-electron chi connectivity index (χ4n) is 3.12. The highest BCUT2D eigenvalue weighted by Gasteiger charge is 2.58. The predicted molar refractivity (Wildman–Crippen MR) is 63.4 cm³/mol. The molecule has 2 fully saturated rings. The van der Waals surface area contributed by atoms with Gasteiger partial charge in [0.1, 0.15) is 6.04 Å². The first kappa shape index (κ1) is 12.4. The molecule has 1 unspecified atom stereocenters. The van der Waals surface area contributed by atoms with Crippen LogP contribution in [0.5, 0.6) is 0 Å². The fourth-order valence-corrected chi connectivity index (χ4v) is 3.12. The number of aliphatic carboxylic acids is 1. The summed E-state index contributed by atoms with van der Waals surface area (Å²) in [6.45, 7) is 3.63. The van der Waals surface area contributed by atoms with Crippen LogP contribution in [0.2, 0.25) is 0 Å². The zero-order chi connectivity index (χ0) is 12.6. The minimum absolute atomic E-state index is 0.0481. The summed E-state index contributed by atoms with van der Waals surface area (Å²) < 4.78 is 0. The van der Waals surface area contributed by atoms with Gasteiger partial charge in [-0.2, -0.15) is 0 Å². The van der Waals surface area contributed by atoms with Crippen LogP contribution in [0.1, 0.15) is 46.0 Å². The summed E-state index contributed by atoms with van der Waals surface area (Å²) in [4.78, 5) is 23.0. The molecule has 2 aliphatic carbocycles. The van der Waals surface area contributed by atoms with Gasteiger partial charge in [0.15, 0.2) is 0 Å². The molecule has 2 N–H and O–H groups in total. The van der Waals surface area contributed by atoms with Crippen molar-refractivity contribution in [3.8, 4) is 0 Å². The Labute approximate surface area is 102 Å². The second kappa shape index (κ2) is 4.31. The van der Waals surface area contributed by atoms with E-state index in [2.05, 4.69) is 5.32 Å². The van der Waals surface area contributed by atoms with Crippen LogP contribution in [0, 0.1) is 17.3 Å². The quantitative estimate of drug-likeness (QED) is 0.786. The van der Waals surface area contributed by atoms with E-state index in [0.29, 0.717) is 0 Å². The van der Waals surface area contributed by atoms with Crippen molar-refractivity contribution in [2.75, 3.05) is 0 Å². The third-order valence-corrected chi connectivity index (χ3v) is 4.34.